The lowest BCUT2D eigenvalue weighted by Gasteiger charge is -2.12. The van der Waals surface area contributed by atoms with Crippen molar-refractivity contribution in [1.29, 1.82) is 0 Å². The van der Waals surface area contributed by atoms with E-state index < -0.39 is 22.8 Å². The highest BCUT2D eigenvalue weighted by Gasteiger charge is 2.20. The van der Waals surface area contributed by atoms with Crippen molar-refractivity contribution in [2.45, 2.75) is 24.6 Å². The van der Waals surface area contributed by atoms with Crippen molar-refractivity contribution in [3.8, 4) is 0 Å². The summed E-state index contributed by atoms with van der Waals surface area (Å²) in [6, 6.07) is 7.78. The number of aromatic nitrogens is 1. The Hall–Kier alpha value is -2.19. The maximum atomic E-state index is 14.0. The fourth-order valence-corrected chi connectivity index (χ4v) is 4.42. The maximum Gasteiger partial charge on any atom is 0.354 e. The number of carbonyl (C=O) groups is 1. The largest absolute Gasteiger partial charge is 0.461 e. The van der Waals surface area contributed by atoms with Gasteiger partial charge in [-0.25, -0.2) is 13.4 Å². The van der Waals surface area contributed by atoms with Gasteiger partial charge in [-0.3, -0.25) is 4.72 Å². The number of aryl methyl sites for hydroxylation is 1. The van der Waals surface area contributed by atoms with E-state index in [0.29, 0.717) is 33.0 Å². The summed E-state index contributed by atoms with van der Waals surface area (Å²) in [6.45, 7) is 4.36. The van der Waals surface area contributed by atoms with Crippen LogP contribution in [0.3, 0.4) is 0 Å². The van der Waals surface area contributed by atoms with Crippen LogP contribution < -0.4 is 4.72 Å². The van der Waals surface area contributed by atoms with E-state index in [4.69, 9.17) is 4.74 Å². The molecule has 0 aliphatic heterocycles. The molecule has 1 unspecified atom stereocenters. The molecule has 0 bridgehead atoms. The van der Waals surface area contributed by atoms with E-state index in [1.807, 2.05) is 12.3 Å². The van der Waals surface area contributed by atoms with Crippen molar-refractivity contribution in [1.82, 2.24) is 4.57 Å². The van der Waals surface area contributed by atoms with Crippen LogP contribution in [0.4, 0.5) is 10.1 Å². The van der Waals surface area contributed by atoms with Gasteiger partial charge in [-0.15, -0.1) is 11.3 Å². The van der Waals surface area contributed by atoms with E-state index in [-0.39, 0.29) is 6.61 Å². The Labute approximate surface area is 151 Å². The summed E-state index contributed by atoms with van der Waals surface area (Å²) in [4.78, 5) is 12.2. The summed E-state index contributed by atoms with van der Waals surface area (Å²) in [7, 11) is -1.51. The molecular formula is C17H17FN2O3S2. The average Bonchev–Trinajstić information content (AvgIpc) is 3.22. The second kappa shape index (κ2) is 7.37. The number of nitrogens with zero attached hydrogens (tertiary/aromatic N) is 1. The number of fused-ring (bicyclic) bond motifs is 1. The minimum atomic E-state index is -1.51. The number of ether oxygens (including phenoxy) is 1. The molecule has 0 aliphatic rings. The first kappa shape index (κ1) is 17.6. The third-order valence-electron chi connectivity index (χ3n) is 3.64. The van der Waals surface area contributed by atoms with Gasteiger partial charge in [0.2, 0.25) is 0 Å². The normalized spacial score (nSPS) is 12.3. The second-order valence-corrected chi connectivity index (χ2v) is 7.58. The zero-order valence-electron chi connectivity index (χ0n) is 13.7. The predicted octanol–water partition coefficient (Wildman–Crippen LogP) is 4.17. The number of esters is 1. The quantitative estimate of drug-likeness (QED) is 0.653. The molecular weight excluding hydrogens is 363 g/mol. The van der Waals surface area contributed by atoms with Crippen LogP contribution in [0.25, 0.3) is 10.9 Å². The summed E-state index contributed by atoms with van der Waals surface area (Å²) >= 11 is 1.35. The minimum Gasteiger partial charge on any atom is -0.461 e. The van der Waals surface area contributed by atoms with Crippen molar-refractivity contribution in [3.05, 3.63) is 47.2 Å². The van der Waals surface area contributed by atoms with Crippen LogP contribution in [0.15, 0.2) is 39.9 Å². The van der Waals surface area contributed by atoms with Crippen molar-refractivity contribution >= 4 is 44.9 Å². The van der Waals surface area contributed by atoms with Crippen LogP contribution in [0.5, 0.6) is 0 Å². The Morgan fingerprint density at radius 1 is 1.36 bits per heavy atom. The number of nitrogens with one attached hydrogen (secondary N) is 1. The number of rotatable bonds is 6. The Bertz CT molecular complexity index is 935. The maximum absolute atomic E-state index is 14.0. The zero-order chi connectivity index (χ0) is 18.0. The number of carbonyl (C=O) groups excluding carboxylic acids is 1. The molecule has 3 rings (SSSR count). The van der Waals surface area contributed by atoms with Crippen LogP contribution in [-0.2, 0) is 22.3 Å². The SMILES string of the molecule is CCOC(=O)c1cc2cc(F)cc(NS(=O)c3cccs3)c2n1CC. The van der Waals surface area contributed by atoms with Gasteiger partial charge < -0.3 is 9.30 Å². The number of hydrogen-bond donors (Lipinski definition) is 1. The van der Waals surface area contributed by atoms with E-state index in [1.54, 1.807) is 29.7 Å². The monoisotopic (exact) mass is 380 g/mol. The smallest absolute Gasteiger partial charge is 0.354 e. The van der Waals surface area contributed by atoms with E-state index in [9.17, 15) is 13.4 Å². The topological polar surface area (TPSA) is 60.3 Å². The third kappa shape index (κ3) is 3.45. The van der Waals surface area contributed by atoms with E-state index in [1.165, 1.54) is 23.5 Å². The van der Waals surface area contributed by atoms with Crippen LogP contribution >= 0.6 is 11.3 Å². The highest BCUT2D eigenvalue weighted by atomic mass is 32.2. The molecule has 0 saturated heterocycles. The fourth-order valence-electron chi connectivity index (χ4n) is 2.68. The van der Waals surface area contributed by atoms with E-state index >= 15 is 0 Å². The molecule has 0 aliphatic carbocycles. The highest BCUT2D eigenvalue weighted by molar-refractivity contribution is 7.88. The van der Waals surface area contributed by atoms with Gasteiger partial charge in [-0.2, -0.15) is 0 Å². The number of anilines is 1. The lowest BCUT2D eigenvalue weighted by atomic mass is 10.2. The number of thiophene rings is 1. The average molecular weight is 380 g/mol. The molecule has 0 saturated carbocycles. The van der Waals surface area contributed by atoms with Gasteiger partial charge in [0, 0.05) is 18.0 Å². The lowest BCUT2D eigenvalue weighted by molar-refractivity contribution is 0.0514. The Morgan fingerprint density at radius 2 is 2.16 bits per heavy atom. The van der Waals surface area contributed by atoms with Crippen LogP contribution in [0.1, 0.15) is 24.3 Å². The Balaban J connectivity index is 2.11. The van der Waals surface area contributed by atoms with E-state index in [2.05, 4.69) is 4.72 Å². The third-order valence-corrected chi connectivity index (χ3v) is 5.95. The molecule has 5 nitrogen and oxygen atoms in total. The predicted molar refractivity (Wildman–Crippen MR) is 97.9 cm³/mol. The van der Waals surface area contributed by atoms with Crippen LogP contribution in [0.2, 0.25) is 0 Å². The first-order valence-electron chi connectivity index (χ1n) is 7.77. The summed E-state index contributed by atoms with van der Waals surface area (Å²) in [6.07, 6.45) is 0. The van der Waals surface area contributed by atoms with Gasteiger partial charge >= 0.3 is 5.97 Å². The van der Waals surface area contributed by atoms with Gasteiger partial charge in [0.15, 0.2) is 11.0 Å². The number of hydrogen-bond acceptors (Lipinski definition) is 4. The van der Waals surface area contributed by atoms with Gasteiger partial charge in [0.1, 0.15) is 15.7 Å². The molecule has 0 amide bonds. The lowest BCUT2D eigenvalue weighted by Crippen LogP contribution is -2.12. The molecule has 0 spiro atoms. The molecule has 0 fully saturated rings. The number of benzene rings is 1. The van der Waals surface area contributed by atoms with Crippen molar-refractivity contribution in [2.75, 3.05) is 11.3 Å². The van der Waals surface area contributed by atoms with Gasteiger partial charge in [-0.05, 0) is 37.4 Å². The molecule has 3 aromatic rings. The summed E-state index contributed by atoms with van der Waals surface area (Å²) in [5.41, 5.74) is 1.34. The Morgan fingerprint density at radius 3 is 2.80 bits per heavy atom. The summed E-state index contributed by atoms with van der Waals surface area (Å²) in [5, 5.41) is 2.37. The van der Waals surface area contributed by atoms with Crippen LogP contribution in [-0.4, -0.2) is 21.4 Å². The molecule has 2 heterocycles. The summed E-state index contributed by atoms with van der Waals surface area (Å²) in [5.74, 6) is -0.937. The second-order valence-electron chi connectivity index (χ2n) is 5.19. The van der Waals surface area contributed by atoms with Gasteiger partial charge in [0.25, 0.3) is 0 Å². The highest BCUT2D eigenvalue weighted by Crippen LogP contribution is 2.30. The Kier molecular flexibility index (Phi) is 5.19. The molecule has 2 aromatic heterocycles. The molecule has 1 atom stereocenters. The van der Waals surface area contributed by atoms with Gasteiger partial charge in [0.05, 0.1) is 17.8 Å². The minimum absolute atomic E-state index is 0.256. The summed E-state index contributed by atoms with van der Waals surface area (Å²) < 4.78 is 36.8. The first-order valence-corrected chi connectivity index (χ1v) is 9.80. The van der Waals surface area contributed by atoms with Crippen LogP contribution in [0, 0.1) is 5.82 Å². The van der Waals surface area contributed by atoms with Crippen molar-refractivity contribution in [2.24, 2.45) is 0 Å². The zero-order valence-corrected chi connectivity index (χ0v) is 15.4. The van der Waals surface area contributed by atoms with Gasteiger partial charge in [-0.1, -0.05) is 6.07 Å². The molecule has 132 valence electrons. The molecule has 8 heteroatoms. The molecule has 1 aromatic carbocycles. The van der Waals surface area contributed by atoms with E-state index in [0.717, 1.165) is 0 Å². The first-order chi connectivity index (χ1) is 12.0. The number of halogens is 1. The standard InChI is InChI=1S/C17H17FN2O3S2/c1-3-20-14(17(21)23-4-2)9-11-8-12(18)10-13(16(11)20)19-25(22)15-6-5-7-24-15/h5-10,19H,3-4H2,1-2H3. The molecule has 1 N–H and O–H groups in total. The molecule has 0 radical (unpaired) electrons. The van der Waals surface area contributed by atoms with Crippen molar-refractivity contribution in [3.63, 3.8) is 0 Å². The van der Waals surface area contributed by atoms with Crippen molar-refractivity contribution < 1.29 is 18.1 Å². The fraction of sp³-hybridized carbons (Fsp3) is 0.235. The molecule has 25 heavy (non-hydrogen) atoms.